The SMILES string of the molecule is CCC1CCC(c2ccc(-c3ccc(C4CCC(C5CSC5)CC4)cc3)cc2)CC1. The van der Waals surface area contributed by atoms with Crippen molar-refractivity contribution >= 4 is 11.8 Å². The lowest BCUT2D eigenvalue weighted by Crippen LogP contribution is -2.30. The van der Waals surface area contributed by atoms with Crippen LogP contribution < -0.4 is 0 Å². The van der Waals surface area contributed by atoms with Gasteiger partial charge in [-0.1, -0.05) is 61.9 Å². The Labute approximate surface area is 188 Å². The summed E-state index contributed by atoms with van der Waals surface area (Å²) in [4.78, 5) is 0. The van der Waals surface area contributed by atoms with E-state index < -0.39 is 0 Å². The molecule has 0 atom stereocenters. The Bertz CT molecular complexity index is 785. The van der Waals surface area contributed by atoms with Crippen molar-refractivity contribution in [2.45, 2.75) is 76.5 Å². The zero-order valence-corrected chi connectivity index (χ0v) is 19.5. The number of hydrogen-bond acceptors (Lipinski definition) is 1. The standard InChI is InChI=1S/C29H38S/c1-2-21-3-5-22(6-4-21)23-7-9-24(10-8-23)25-11-13-26(14-12-25)27-15-17-28(18-16-27)29-19-30-20-29/h7-14,21-22,27-29H,2-6,15-20H2,1H3. The summed E-state index contributed by atoms with van der Waals surface area (Å²) >= 11 is 2.15. The van der Waals surface area contributed by atoms with Gasteiger partial charge in [-0.2, -0.15) is 11.8 Å². The Hall–Kier alpha value is -1.21. The molecule has 0 aromatic heterocycles. The van der Waals surface area contributed by atoms with Crippen LogP contribution in [0.15, 0.2) is 48.5 Å². The van der Waals surface area contributed by atoms with Gasteiger partial charge < -0.3 is 0 Å². The van der Waals surface area contributed by atoms with Crippen LogP contribution in [-0.4, -0.2) is 11.5 Å². The van der Waals surface area contributed by atoms with Crippen LogP contribution in [0.5, 0.6) is 0 Å². The minimum absolute atomic E-state index is 0.790. The van der Waals surface area contributed by atoms with Crippen molar-refractivity contribution in [1.82, 2.24) is 0 Å². The normalized spacial score (nSPS) is 30.0. The van der Waals surface area contributed by atoms with Gasteiger partial charge in [-0.05, 0) is 115 Å². The van der Waals surface area contributed by atoms with Gasteiger partial charge >= 0.3 is 0 Å². The smallest absolute Gasteiger partial charge is 0.00285 e. The zero-order chi connectivity index (χ0) is 20.3. The summed E-state index contributed by atoms with van der Waals surface area (Å²) in [6.07, 6.45) is 12.7. The molecule has 1 heterocycles. The van der Waals surface area contributed by atoms with E-state index in [1.54, 1.807) is 11.1 Å². The summed E-state index contributed by atoms with van der Waals surface area (Å²) in [5, 5.41) is 0. The molecule has 0 spiro atoms. The fraction of sp³-hybridized carbons (Fsp3) is 0.586. The molecule has 0 amide bonds. The first-order valence-electron chi connectivity index (χ1n) is 12.6. The van der Waals surface area contributed by atoms with E-state index in [1.165, 1.54) is 80.4 Å². The highest BCUT2D eigenvalue weighted by atomic mass is 32.2. The third-order valence-corrected chi connectivity index (χ3v) is 9.95. The molecule has 1 aliphatic heterocycles. The molecule has 2 aromatic rings. The molecule has 2 saturated carbocycles. The van der Waals surface area contributed by atoms with Crippen molar-refractivity contribution in [3.63, 3.8) is 0 Å². The van der Waals surface area contributed by atoms with E-state index in [2.05, 4.69) is 67.2 Å². The average Bonchev–Trinajstić information content (AvgIpc) is 2.79. The van der Waals surface area contributed by atoms with Gasteiger partial charge in [-0.3, -0.25) is 0 Å². The van der Waals surface area contributed by atoms with E-state index in [4.69, 9.17) is 0 Å². The molecule has 0 bridgehead atoms. The number of thioether (sulfide) groups is 1. The first-order chi connectivity index (χ1) is 14.8. The molecule has 1 heteroatoms. The van der Waals surface area contributed by atoms with Crippen LogP contribution >= 0.6 is 11.8 Å². The van der Waals surface area contributed by atoms with E-state index in [9.17, 15) is 0 Å². The maximum atomic E-state index is 2.42. The summed E-state index contributed by atoms with van der Waals surface area (Å²) in [7, 11) is 0. The predicted octanol–water partition coefficient (Wildman–Crippen LogP) is 8.67. The van der Waals surface area contributed by atoms with Crippen LogP contribution in [-0.2, 0) is 0 Å². The monoisotopic (exact) mass is 418 g/mol. The third kappa shape index (κ3) is 4.52. The highest BCUT2D eigenvalue weighted by Crippen LogP contribution is 2.44. The van der Waals surface area contributed by atoms with E-state index >= 15 is 0 Å². The minimum atomic E-state index is 0.790. The van der Waals surface area contributed by atoms with E-state index in [0.717, 1.165) is 29.6 Å². The molecule has 5 rings (SSSR count). The lowest BCUT2D eigenvalue weighted by atomic mass is 9.74. The van der Waals surface area contributed by atoms with Crippen molar-refractivity contribution < 1.29 is 0 Å². The van der Waals surface area contributed by atoms with Gasteiger partial charge in [0.05, 0.1) is 0 Å². The van der Waals surface area contributed by atoms with Crippen molar-refractivity contribution in [3.8, 4) is 11.1 Å². The second-order valence-electron chi connectivity index (χ2n) is 10.3. The van der Waals surface area contributed by atoms with Crippen LogP contribution in [0.3, 0.4) is 0 Å². The molecule has 160 valence electrons. The van der Waals surface area contributed by atoms with E-state index in [-0.39, 0.29) is 0 Å². The number of hydrogen-bond donors (Lipinski definition) is 0. The van der Waals surface area contributed by atoms with Gasteiger partial charge in [-0.25, -0.2) is 0 Å². The summed E-state index contributed by atoms with van der Waals surface area (Å²) in [5.41, 5.74) is 5.88. The topological polar surface area (TPSA) is 0 Å². The van der Waals surface area contributed by atoms with Crippen molar-refractivity contribution in [1.29, 1.82) is 0 Å². The minimum Gasteiger partial charge on any atom is -0.161 e. The molecule has 3 fully saturated rings. The highest BCUT2D eigenvalue weighted by Gasteiger charge is 2.31. The Morgan fingerprint density at radius 3 is 1.47 bits per heavy atom. The number of rotatable bonds is 5. The second-order valence-corrected chi connectivity index (χ2v) is 11.4. The van der Waals surface area contributed by atoms with Gasteiger partial charge in [0.15, 0.2) is 0 Å². The molecule has 2 aromatic carbocycles. The molecule has 0 nitrogen and oxygen atoms in total. The Balaban J connectivity index is 1.18. The van der Waals surface area contributed by atoms with Crippen LogP contribution in [0.25, 0.3) is 11.1 Å². The van der Waals surface area contributed by atoms with Gasteiger partial charge in [0.25, 0.3) is 0 Å². The molecular formula is C29H38S. The first-order valence-corrected chi connectivity index (χ1v) is 13.7. The molecule has 0 radical (unpaired) electrons. The van der Waals surface area contributed by atoms with Gasteiger partial charge in [0, 0.05) is 0 Å². The molecule has 3 aliphatic rings. The van der Waals surface area contributed by atoms with Gasteiger partial charge in [-0.15, -0.1) is 0 Å². The summed E-state index contributed by atoms with van der Waals surface area (Å²) in [6.45, 7) is 2.35. The summed E-state index contributed by atoms with van der Waals surface area (Å²) in [6, 6.07) is 19.1. The Morgan fingerprint density at radius 2 is 1.07 bits per heavy atom. The third-order valence-electron chi connectivity index (χ3n) is 8.62. The maximum absolute atomic E-state index is 2.42. The second kappa shape index (κ2) is 9.51. The zero-order valence-electron chi connectivity index (χ0n) is 18.7. The molecular weight excluding hydrogens is 380 g/mol. The molecule has 0 unspecified atom stereocenters. The van der Waals surface area contributed by atoms with Crippen LogP contribution in [0, 0.1) is 17.8 Å². The fourth-order valence-electron chi connectivity index (χ4n) is 6.25. The van der Waals surface area contributed by atoms with Crippen molar-refractivity contribution in [3.05, 3.63) is 59.7 Å². The van der Waals surface area contributed by atoms with E-state index in [0.29, 0.717) is 0 Å². The molecule has 30 heavy (non-hydrogen) atoms. The highest BCUT2D eigenvalue weighted by molar-refractivity contribution is 8.00. The Morgan fingerprint density at radius 1 is 0.600 bits per heavy atom. The number of benzene rings is 2. The van der Waals surface area contributed by atoms with E-state index in [1.807, 2.05) is 0 Å². The van der Waals surface area contributed by atoms with Crippen molar-refractivity contribution in [2.75, 3.05) is 11.5 Å². The lowest BCUT2D eigenvalue weighted by Gasteiger charge is -2.38. The quantitative estimate of drug-likeness (QED) is 0.468. The Kier molecular flexibility index (Phi) is 6.56. The largest absolute Gasteiger partial charge is 0.161 e. The maximum Gasteiger partial charge on any atom is -0.00285 e. The lowest BCUT2D eigenvalue weighted by molar-refractivity contribution is 0.257. The average molecular weight is 419 g/mol. The predicted molar refractivity (Wildman–Crippen MR) is 132 cm³/mol. The first kappa shape index (κ1) is 20.7. The van der Waals surface area contributed by atoms with Crippen LogP contribution in [0.2, 0.25) is 0 Å². The van der Waals surface area contributed by atoms with Crippen molar-refractivity contribution in [2.24, 2.45) is 17.8 Å². The van der Waals surface area contributed by atoms with Crippen LogP contribution in [0.1, 0.15) is 87.7 Å². The molecule has 0 N–H and O–H groups in total. The van der Waals surface area contributed by atoms with Crippen LogP contribution in [0.4, 0.5) is 0 Å². The molecule has 1 saturated heterocycles. The summed E-state index contributed by atoms with van der Waals surface area (Å²) in [5.74, 6) is 7.50. The molecule has 2 aliphatic carbocycles. The fourth-order valence-corrected chi connectivity index (χ4v) is 7.30. The van der Waals surface area contributed by atoms with Gasteiger partial charge in [0.1, 0.15) is 0 Å². The summed E-state index contributed by atoms with van der Waals surface area (Å²) < 4.78 is 0. The van der Waals surface area contributed by atoms with Gasteiger partial charge in [0.2, 0.25) is 0 Å².